The molecule has 202 valence electrons. The Bertz CT molecular complexity index is 2200. The summed E-state index contributed by atoms with van der Waals surface area (Å²) < 4.78 is 0. The predicted octanol–water partition coefficient (Wildman–Crippen LogP) is 11.5. The molecule has 0 amide bonds. The van der Waals surface area contributed by atoms with Crippen molar-refractivity contribution in [2.75, 3.05) is 0 Å². The molecule has 0 atom stereocenters. The summed E-state index contributed by atoms with van der Waals surface area (Å²) in [7, 11) is 0. The quantitative estimate of drug-likeness (QED) is 0.200. The molecule has 8 rings (SSSR count). The molecule has 8 aromatic rings. The van der Waals surface area contributed by atoms with Crippen molar-refractivity contribution in [3.8, 4) is 44.5 Å². The van der Waals surface area contributed by atoms with Crippen LogP contribution in [0.15, 0.2) is 158 Å². The minimum absolute atomic E-state index is 1.13. The molecule has 7 aromatic carbocycles. The fraction of sp³-hybridized carbons (Fsp3) is 0.0238. The van der Waals surface area contributed by atoms with Gasteiger partial charge in [-0.15, -0.1) is 0 Å². The molecule has 0 unspecified atom stereocenters. The van der Waals surface area contributed by atoms with E-state index in [2.05, 4.69) is 151 Å². The number of rotatable bonds is 4. The summed E-state index contributed by atoms with van der Waals surface area (Å²) in [5.74, 6) is 0. The van der Waals surface area contributed by atoms with Crippen LogP contribution in [0.4, 0.5) is 0 Å². The lowest BCUT2D eigenvalue weighted by atomic mass is 9.85. The number of hydrogen-bond acceptors (Lipinski definition) is 1. The highest BCUT2D eigenvalue weighted by Gasteiger charge is 2.17. The van der Waals surface area contributed by atoms with Gasteiger partial charge in [0.15, 0.2) is 0 Å². The minimum Gasteiger partial charge on any atom is -0.264 e. The summed E-state index contributed by atoms with van der Waals surface area (Å²) in [5.41, 5.74) is 11.1. The second kappa shape index (κ2) is 10.4. The zero-order chi connectivity index (χ0) is 28.8. The SMILES string of the molecule is Cc1ccc2ccc(-c3c4ccccc4c(-c4ccc(-c5ccc(-c6cccnc6)cc5)cc4)c4ccccc34)cc2c1. The number of nitrogens with zero attached hydrogens (tertiary/aromatic N) is 1. The van der Waals surface area contributed by atoms with Crippen molar-refractivity contribution in [1.29, 1.82) is 0 Å². The van der Waals surface area contributed by atoms with E-state index >= 15 is 0 Å². The highest BCUT2D eigenvalue weighted by atomic mass is 14.6. The Morgan fingerprint density at radius 1 is 0.372 bits per heavy atom. The third kappa shape index (κ3) is 4.47. The summed E-state index contributed by atoms with van der Waals surface area (Å²) in [6, 6.07) is 53.2. The van der Waals surface area contributed by atoms with E-state index < -0.39 is 0 Å². The van der Waals surface area contributed by atoms with Gasteiger partial charge in [0.1, 0.15) is 0 Å². The lowest BCUT2D eigenvalue weighted by molar-refractivity contribution is 1.33. The Morgan fingerprint density at radius 2 is 0.860 bits per heavy atom. The summed E-state index contributed by atoms with van der Waals surface area (Å²) in [4.78, 5) is 4.26. The number of pyridine rings is 1. The largest absolute Gasteiger partial charge is 0.264 e. The van der Waals surface area contributed by atoms with E-state index in [-0.39, 0.29) is 0 Å². The van der Waals surface area contributed by atoms with Crippen LogP contribution in [0, 0.1) is 6.92 Å². The Morgan fingerprint density at radius 3 is 1.42 bits per heavy atom. The van der Waals surface area contributed by atoms with Crippen LogP contribution in [-0.4, -0.2) is 4.98 Å². The van der Waals surface area contributed by atoms with Gasteiger partial charge in [-0.05, 0) is 95.9 Å². The molecule has 0 saturated carbocycles. The second-order valence-electron chi connectivity index (χ2n) is 11.3. The molecule has 1 heterocycles. The van der Waals surface area contributed by atoms with Gasteiger partial charge in [0.25, 0.3) is 0 Å². The molecule has 0 spiro atoms. The fourth-order valence-electron chi connectivity index (χ4n) is 6.49. The summed E-state index contributed by atoms with van der Waals surface area (Å²) in [6.07, 6.45) is 3.72. The van der Waals surface area contributed by atoms with Gasteiger partial charge >= 0.3 is 0 Å². The first-order chi connectivity index (χ1) is 21.2. The average Bonchev–Trinajstić information content (AvgIpc) is 3.07. The average molecular weight is 548 g/mol. The minimum atomic E-state index is 1.13. The van der Waals surface area contributed by atoms with Crippen LogP contribution in [0.3, 0.4) is 0 Å². The maximum Gasteiger partial charge on any atom is 0.0346 e. The van der Waals surface area contributed by atoms with Crippen LogP contribution in [0.2, 0.25) is 0 Å². The van der Waals surface area contributed by atoms with Gasteiger partial charge < -0.3 is 0 Å². The Hall–Kier alpha value is -5.53. The molecule has 0 aliphatic heterocycles. The molecule has 0 N–H and O–H groups in total. The van der Waals surface area contributed by atoms with Crippen molar-refractivity contribution in [2.45, 2.75) is 6.92 Å². The van der Waals surface area contributed by atoms with E-state index in [9.17, 15) is 0 Å². The zero-order valence-corrected chi connectivity index (χ0v) is 24.0. The fourth-order valence-corrected chi connectivity index (χ4v) is 6.49. The van der Waals surface area contributed by atoms with E-state index in [4.69, 9.17) is 0 Å². The van der Waals surface area contributed by atoms with Crippen molar-refractivity contribution < 1.29 is 0 Å². The van der Waals surface area contributed by atoms with Gasteiger partial charge in [-0.25, -0.2) is 0 Å². The molecule has 1 aromatic heterocycles. The first-order valence-corrected chi connectivity index (χ1v) is 14.8. The maximum absolute atomic E-state index is 4.26. The van der Waals surface area contributed by atoms with Crippen molar-refractivity contribution in [3.05, 3.63) is 164 Å². The highest BCUT2D eigenvalue weighted by molar-refractivity contribution is 6.21. The number of aromatic nitrogens is 1. The van der Waals surface area contributed by atoms with Crippen molar-refractivity contribution in [2.24, 2.45) is 0 Å². The molecule has 0 radical (unpaired) electrons. The monoisotopic (exact) mass is 547 g/mol. The Labute approximate surface area is 251 Å². The second-order valence-corrected chi connectivity index (χ2v) is 11.3. The van der Waals surface area contributed by atoms with E-state index in [1.807, 2.05) is 18.5 Å². The molecule has 0 saturated heterocycles. The molecule has 1 nitrogen and oxygen atoms in total. The van der Waals surface area contributed by atoms with Crippen molar-refractivity contribution >= 4 is 32.3 Å². The smallest absolute Gasteiger partial charge is 0.0346 e. The first-order valence-electron chi connectivity index (χ1n) is 14.8. The third-order valence-corrected chi connectivity index (χ3v) is 8.60. The maximum atomic E-state index is 4.26. The topological polar surface area (TPSA) is 12.9 Å². The van der Waals surface area contributed by atoms with Gasteiger partial charge in [-0.3, -0.25) is 4.98 Å². The molecule has 0 aliphatic carbocycles. The molecule has 43 heavy (non-hydrogen) atoms. The lowest BCUT2D eigenvalue weighted by Crippen LogP contribution is -1.91. The van der Waals surface area contributed by atoms with Crippen LogP contribution in [0.1, 0.15) is 5.56 Å². The molecular weight excluding hydrogens is 518 g/mol. The van der Waals surface area contributed by atoms with Crippen molar-refractivity contribution in [3.63, 3.8) is 0 Å². The normalized spacial score (nSPS) is 11.4. The van der Waals surface area contributed by atoms with E-state index in [1.165, 1.54) is 76.8 Å². The van der Waals surface area contributed by atoms with Gasteiger partial charge in [0, 0.05) is 12.4 Å². The van der Waals surface area contributed by atoms with Gasteiger partial charge in [-0.1, -0.05) is 139 Å². The number of benzene rings is 7. The molecular formula is C42H29N. The Balaban J connectivity index is 1.26. The summed E-state index contributed by atoms with van der Waals surface area (Å²) >= 11 is 0. The molecule has 0 bridgehead atoms. The van der Waals surface area contributed by atoms with Crippen molar-refractivity contribution in [1.82, 2.24) is 4.98 Å². The molecule has 1 heteroatoms. The molecule has 0 fully saturated rings. The molecule has 0 aliphatic rings. The van der Waals surface area contributed by atoms with Crippen LogP contribution in [-0.2, 0) is 0 Å². The highest BCUT2D eigenvalue weighted by Crippen LogP contribution is 2.44. The van der Waals surface area contributed by atoms with Crippen LogP contribution < -0.4 is 0 Å². The zero-order valence-electron chi connectivity index (χ0n) is 24.0. The van der Waals surface area contributed by atoms with Gasteiger partial charge in [0.2, 0.25) is 0 Å². The number of aryl methyl sites for hydroxylation is 1. The Kier molecular flexibility index (Phi) is 6.09. The standard InChI is InChI=1S/C42H29N/c1-28-12-13-32-20-23-34(26-36(32)25-28)42-39-10-4-2-8-37(39)41(38-9-3-5-11-40(38)42)33-21-18-30(19-22-33)29-14-16-31(17-15-29)35-7-6-24-43-27-35/h2-27H,1H3. The number of fused-ring (bicyclic) bond motifs is 3. The van der Waals surface area contributed by atoms with E-state index in [0.29, 0.717) is 0 Å². The van der Waals surface area contributed by atoms with Crippen LogP contribution in [0.25, 0.3) is 76.8 Å². The van der Waals surface area contributed by atoms with E-state index in [1.54, 1.807) is 0 Å². The lowest BCUT2D eigenvalue weighted by Gasteiger charge is -2.18. The summed E-state index contributed by atoms with van der Waals surface area (Å²) in [5, 5.41) is 7.64. The van der Waals surface area contributed by atoms with Crippen LogP contribution in [0.5, 0.6) is 0 Å². The van der Waals surface area contributed by atoms with E-state index in [0.717, 1.165) is 5.56 Å². The number of hydrogen-bond donors (Lipinski definition) is 0. The van der Waals surface area contributed by atoms with Gasteiger partial charge in [0.05, 0.1) is 0 Å². The van der Waals surface area contributed by atoms with Gasteiger partial charge in [-0.2, -0.15) is 0 Å². The first kappa shape index (κ1) is 25.2. The predicted molar refractivity (Wildman–Crippen MR) is 183 cm³/mol. The third-order valence-electron chi connectivity index (χ3n) is 8.60. The van der Waals surface area contributed by atoms with Crippen LogP contribution >= 0.6 is 0 Å². The summed E-state index contributed by atoms with van der Waals surface area (Å²) in [6.45, 7) is 2.16.